The molecule has 0 bridgehead atoms. The molecule has 2 aromatic carbocycles. The van der Waals surface area contributed by atoms with Crippen molar-refractivity contribution in [2.45, 2.75) is 9.24 Å². The van der Waals surface area contributed by atoms with Gasteiger partial charge in [0, 0.05) is 4.90 Å². The number of hydrazone groups is 1. The van der Waals surface area contributed by atoms with Crippen molar-refractivity contribution < 1.29 is 0 Å². The minimum Gasteiger partial charge on any atom is -0.382 e. The smallest absolute Gasteiger partial charge is 0.201 e. The van der Waals surface area contributed by atoms with E-state index in [0.29, 0.717) is 0 Å². The van der Waals surface area contributed by atoms with Crippen LogP contribution in [0.15, 0.2) is 62.9 Å². The predicted molar refractivity (Wildman–Crippen MR) is 98.8 cm³/mol. The number of rotatable bonds is 5. The SMILES string of the molecule is N#C/C(=N\Nc1ccccc1Sc1nc2ccccc2s1)C(=N)N. The fourth-order valence-corrected chi connectivity index (χ4v) is 4.00. The van der Waals surface area contributed by atoms with Crippen molar-refractivity contribution in [2.75, 3.05) is 5.43 Å². The number of para-hydroxylation sites is 2. The lowest BCUT2D eigenvalue weighted by Gasteiger charge is -2.06. The molecule has 4 N–H and O–H groups in total. The van der Waals surface area contributed by atoms with E-state index in [4.69, 9.17) is 16.4 Å². The maximum atomic E-state index is 8.90. The molecule has 0 aliphatic rings. The van der Waals surface area contributed by atoms with Crippen LogP contribution in [0.1, 0.15) is 0 Å². The van der Waals surface area contributed by atoms with E-state index in [9.17, 15) is 0 Å². The molecule has 0 saturated heterocycles. The van der Waals surface area contributed by atoms with Gasteiger partial charge in [0.15, 0.2) is 10.2 Å². The maximum absolute atomic E-state index is 8.90. The van der Waals surface area contributed by atoms with Gasteiger partial charge >= 0.3 is 0 Å². The quantitative estimate of drug-likeness (QED) is 0.368. The van der Waals surface area contributed by atoms with Crippen molar-refractivity contribution in [3.63, 3.8) is 0 Å². The molecule has 3 rings (SSSR count). The van der Waals surface area contributed by atoms with Crippen LogP contribution >= 0.6 is 23.1 Å². The second-order valence-electron chi connectivity index (χ2n) is 4.64. The highest BCUT2D eigenvalue weighted by molar-refractivity contribution is 8.01. The third-order valence-electron chi connectivity index (χ3n) is 3.01. The number of nitrogens with one attached hydrogen (secondary N) is 2. The Bertz CT molecular complexity index is 937. The Morgan fingerprint density at radius 2 is 2.00 bits per heavy atom. The number of anilines is 1. The van der Waals surface area contributed by atoms with Crippen LogP contribution in [0.5, 0.6) is 0 Å². The molecule has 0 atom stereocenters. The van der Waals surface area contributed by atoms with Crippen LogP contribution in [0.2, 0.25) is 0 Å². The lowest BCUT2D eigenvalue weighted by Crippen LogP contribution is -2.21. The number of hydrogen-bond donors (Lipinski definition) is 3. The molecular formula is C16H12N6S2. The summed E-state index contributed by atoms with van der Waals surface area (Å²) in [6, 6.07) is 17.3. The molecule has 0 aliphatic carbocycles. The summed E-state index contributed by atoms with van der Waals surface area (Å²) in [6.07, 6.45) is 0. The Balaban J connectivity index is 1.86. The van der Waals surface area contributed by atoms with Gasteiger partial charge in [-0.1, -0.05) is 36.0 Å². The van der Waals surface area contributed by atoms with Crippen molar-refractivity contribution >= 4 is 50.5 Å². The first-order chi connectivity index (χ1) is 11.7. The van der Waals surface area contributed by atoms with Gasteiger partial charge in [0.2, 0.25) is 5.71 Å². The molecule has 0 aliphatic heterocycles. The van der Waals surface area contributed by atoms with Gasteiger partial charge < -0.3 is 5.73 Å². The highest BCUT2D eigenvalue weighted by Crippen LogP contribution is 2.37. The van der Waals surface area contributed by atoms with E-state index in [1.807, 2.05) is 48.5 Å². The summed E-state index contributed by atoms with van der Waals surface area (Å²) in [6.45, 7) is 0. The normalized spacial score (nSPS) is 11.2. The van der Waals surface area contributed by atoms with Crippen LogP contribution in [0.4, 0.5) is 5.69 Å². The van der Waals surface area contributed by atoms with E-state index in [1.54, 1.807) is 17.4 Å². The van der Waals surface area contributed by atoms with E-state index in [-0.39, 0.29) is 11.5 Å². The van der Waals surface area contributed by atoms with Gasteiger partial charge in [0.05, 0.1) is 15.9 Å². The Labute approximate surface area is 146 Å². The first kappa shape index (κ1) is 16.0. The topological polar surface area (TPSA) is 111 Å². The van der Waals surface area contributed by atoms with Crippen molar-refractivity contribution in [1.29, 1.82) is 10.7 Å². The molecule has 1 aromatic heterocycles. The van der Waals surface area contributed by atoms with Crippen molar-refractivity contribution in [3.8, 4) is 6.07 Å². The van der Waals surface area contributed by atoms with Gasteiger partial charge in [-0.2, -0.15) is 10.4 Å². The number of nitrogens with zero attached hydrogens (tertiary/aromatic N) is 3. The number of benzene rings is 2. The highest BCUT2D eigenvalue weighted by Gasteiger charge is 2.09. The standard InChI is InChI=1S/C16H12N6S2/c17-9-12(15(18)19)22-21-11-6-2-4-8-14(11)24-16-20-10-5-1-3-7-13(10)23-16/h1-8,21H,(H3,18,19)/b22-12+. The largest absolute Gasteiger partial charge is 0.382 e. The zero-order chi connectivity index (χ0) is 16.9. The average Bonchev–Trinajstić information content (AvgIpc) is 2.99. The van der Waals surface area contributed by atoms with Gasteiger partial charge in [-0.25, -0.2) is 4.98 Å². The molecule has 24 heavy (non-hydrogen) atoms. The maximum Gasteiger partial charge on any atom is 0.201 e. The minimum atomic E-state index is -0.374. The first-order valence-electron chi connectivity index (χ1n) is 6.88. The van der Waals surface area contributed by atoms with E-state index >= 15 is 0 Å². The van der Waals surface area contributed by atoms with Gasteiger partial charge in [-0.3, -0.25) is 10.8 Å². The molecule has 118 valence electrons. The Kier molecular flexibility index (Phi) is 4.74. The number of thiazole rings is 1. The third kappa shape index (κ3) is 3.53. The Hall–Kier alpha value is -2.89. The van der Waals surface area contributed by atoms with E-state index in [0.717, 1.165) is 25.1 Å². The van der Waals surface area contributed by atoms with Crippen LogP contribution in [-0.4, -0.2) is 16.5 Å². The average molecular weight is 352 g/mol. The second kappa shape index (κ2) is 7.12. The van der Waals surface area contributed by atoms with Crippen LogP contribution < -0.4 is 11.2 Å². The molecular weight excluding hydrogens is 340 g/mol. The van der Waals surface area contributed by atoms with Crippen LogP contribution in [0, 0.1) is 16.7 Å². The summed E-state index contributed by atoms with van der Waals surface area (Å²) in [5.41, 5.74) is 9.62. The molecule has 0 amide bonds. The van der Waals surface area contributed by atoms with Crippen molar-refractivity contribution in [2.24, 2.45) is 10.8 Å². The number of hydrogen-bond acceptors (Lipinski definition) is 7. The van der Waals surface area contributed by atoms with Gasteiger partial charge in [0.25, 0.3) is 0 Å². The van der Waals surface area contributed by atoms with Gasteiger partial charge in [-0.05, 0) is 24.3 Å². The number of fused-ring (bicyclic) bond motifs is 1. The van der Waals surface area contributed by atoms with E-state index in [2.05, 4.69) is 15.5 Å². The van der Waals surface area contributed by atoms with Crippen LogP contribution in [-0.2, 0) is 0 Å². The number of nitriles is 1. The Morgan fingerprint density at radius 3 is 2.75 bits per heavy atom. The van der Waals surface area contributed by atoms with Crippen LogP contribution in [0.3, 0.4) is 0 Å². The summed E-state index contributed by atoms with van der Waals surface area (Å²) < 4.78 is 2.05. The van der Waals surface area contributed by atoms with E-state index < -0.39 is 0 Å². The molecule has 0 saturated carbocycles. The number of nitrogens with two attached hydrogens (primary N) is 1. The number of amidine groups is 1. The van der Waals surface area contributed by atoms with Crippen molar-refractivity contribution in [1.82, 2.24) is 4.98 Å². The fraction of sp³-hybridized carbons (Fsp3) is 0. The lowest BCUT2D eigenvalue weighted by molar-refractivity contribution is 1.26. The van der Waals surface area contributed by atoms with Crippen molar-refractivity contribution in [3.05, 3.63) is 48.5 Å². The fourth-order valence-electron chi connectivity index (χ4n) is 1.90. The van der Waals surface area contributed by atoms with Gasteiger partial charge in [-0.15, -0.1) is 11.3 Å². The first-order valence-corrected chi connectivity index (χ1v) is 8.51. The second-order valence-corrected chi connectivity index (χ2v) is 6.96. The molecule has 0 radical (unpaired) electrons. The molecule has 0 unspecified atom stereocenters. The lowest BCUT2D eigenvalue weighted by atomic mass is 10.3. The summed E-state index contributed by atoms with van der Waals surface area (Å²) in [7, 11) is 0. The molecule has 0 spiro atoms. The molecule has 1 heterocycles. The Morgan fingerprint density at radius 1 is 1.25 bits per heavy atom. The summed E-state index contributed by atoms with van der Waals surface area (Å²) >= 11 is 3.13. The third-order valence-corrected chi connectivity index (χ3v) is 5.18. The molecule has 3 aromatic rings. The highest BCUT2D eigenvalue weighted by atomic mass is 32.2. The summed E-state index contributed by atoms with van der Waals surface area (Å²) in [5.74, 6) is -0.374. The minimum absolute atomic E-state index is 0.158. The number of aromatic nitrogens is 1. The zero-order valence-electron chi connectivity index (χ0n) is 12.4. The summed E-state index contributed by atoms with van der Waals surface area (Å²) in [4.78, 5) is 5.52. The van der Waals surface area contributed by atoms with Gasteiger partial charge in [0.1, 0.15) is 6.07 Å². The summed E-state index contributed by atoms with van der Waals surface area (Å²) in [5, 5.41) is 20.1. The van der Waals surface area contributed by atoms with E-state index in [1.165, 1.54) is 11.8 Å². The molecule has 0 fully saturated rings. The zero-order valence-corrected chi connectivity index (χ0v) is 14.0. The molecule has 8 heteroatoms. The van der Waals surface area contributed by atoms with Crippen LogP contribution in [0.25, 0.3) is 10.2 Å². The monoisotopic (exact) mass is 352 g/mol. The predicted octanol–water partition coefficient (Wildman–Crippen LogP) is 3.67. The molecule has 6 nitrogen and oxygen atoms in total.